The van der Waals surface area contributed by atoms with Crippen LogP contribution in [0.5, 0.6) is 0 Å². The van der Waals surface area contributed by atoms with Crippen molar-refractivity contribution in [1.29, 1.82) is 0 Å². The Labute approximate surface area is 307 Å². The summed E-state index contributed by atoms with van der Waals surface area (Å²) in [5.74, 6) is -0.818. The summed E-state index contributed by atoms with van der Waals surface area (Å²) in [7, 11) is -4.36. The lowest BCUT2D eigenvalue weighted by atomic mass is 10.0. The molecule has 0 heterocycles. The largest absolute Gasteiger partial charge is 0.472 e. The van der Waals surface area contributed by atoms with Crippen molar-refractivity contribution in [2.45, 2.75) is 219 Å². The molecule has 0 aliphatic rings. The highest BCUT2D eigenvalue weighted by molar-refractivity contribution is 7.47. The highest BCUT2D eigenvalue weighted by Gasteiger charge is 2.26. The average Bonchev–Trinajstić information content (AvgIpc) is 3.10. The third kappa shape index (κ3) is 36.8. The lowest BCUT2D eigenvalue weighted by Gasteiger charge is -2.19. The molecular formula is C40H80NO8P. The molecule has 0 aromatic heterocycles. The maximum atomic E-state index is 12.5. The number of unbranched alkanes of at least 4 members (excludes halogenated alkanes) is 27. The quantitative estimate of drug-likeness (QED) is 0.0358. The van der Waals surface area contributed by atoms with Crippen LogP contribution < -0.4 is 5.73 Å². The number of rotatable bonds is 40. The van der Waals surface area contributed by atoms with E-state index in [1.54, 1.807) is 0 Å². The molecule has 10 heteroatoms. The number of ether oxygens (including phenoxy) is 2. The van der Waals surface area contributed by atoms with Crippen molar-refractivity contribution >= 4 is 19.8 Å². The van der Waals surface area contributed by atoms with Crippen molar-refractivity contribution < 1.29 is 37.6 Å². The predicted octanol–water partition coefficient (Wildman–Crippen LogP) is 11.7. The molecule has 0 amide bonds. The fourth-order valence-corrected chi connectivity index (χ4v) is 6.87. The van der Waals surface area contributed by atoms with Gasteiger partial charge >= 0.3 is 19.8 Å². The summed E-state index contributed by atoms with van der Waals surface area (Å²) < 4.78 is 32.7. The molecule has 0 aromatic rings. The molecule has 298 valence electrons. The first-order chi connectivity index (χ1) is 24.3. The first kappa shape index (κ1) is 49.0. The molecule has 2 atom stereocenters. The van der Waals surface area contributed by atoms with Crippen LogP contribution in [0.25, 0.3) is 0 Å². The van der Waals surface area contributed by atoms with E-state index >= 15 is 0 Å². The Balaban J connectivity index is 4.03. The number of phosphoric ester groups is 1. The molecule has 0 saturated carbocycles. The van der Waals surface area contributed by atoms with Crippen LogP contribution >= 0.6 is 7.82 Å². The summed E-state index contributed by atoms with van der Waals surface area (Å²) in [6.07, 6.45) is 35.7. The number of hydrogen-bond donors (Lipinski definition) is 2. The van der Waals surface area contributed by atoms with E-state index in [4.69, 9.17) is 24.3 Å². The first-order valence-corrected chi connectivity index (χ1v) is 22.5. The van der Waals surface area contributed by atoms with Gasteiger partial charge in [0, 0.05) is 19.4 Å². The van der Waals surface area contributed by atoms with Crippen LogP contribution in [0.4, 0.5) is 0 Å². The first-order valence-electron chi connectivity index (χ1n) is 21.0. The van der Waals surface area contributed by atoms with E-state index in [1.807, 2.05) is 0 Å². The zero-order chi connectivity index (χ0) is 36.8. The summed E-state index contributed by atoms with van der Waals surface area (Å²) in [5.41, 5.74) is 5.33. The van der Waals surface area contributed by atoms with Crippen LogP contribution in [-0.2, 0) is 32.7 Å². The Hall–Kier alpha value is -0.990. The van der Waals surface area contributed by atoms with Gasteiger partial charge in [-0.05, 0) is 12.8 Å². The SMILES string of the molecule is CCCCCCCCCCCCCCCCCCCCCCC(=O)O[C@H](COC(=O)CCCCCCCCCCC)COP(=O)(O)OCCN. The van der Waals surface area contributed by atoms with Crippen LogP contribution in [0.15, 0.2) is 0 Å². The third-order valence-corrected chi connectivity index (χ3v) is 10.2. The van der Waals surface area contributed by atoms with E-state index in [0.717, 1.165) is 32.1 Å². The summed E-state index contributed by atoms with van der Waals surface area (Å²) in [5, 5.41) is 0. The van der Waals surface area contributed by atoms with Crippen LogP contribution in [0.3, 0.4) is 0 Å². The molecule has 3 N–H and O–H groups in total. The van der Waals surface area contributed by atoms with Crippen molar-refractivity contribution in [2.75, 3.05) is 26.4 Å². The summed E-state index contributed by atoms with van der Waals surface area (Å²) >= 11 is 0. The molecule has 0 saturated heterocycles. The second kappa shape index (κ2) is 37.8. The number of carbonyl (C=O) groups excluding carboxylic acids is 2. The van der Waals surface area contributed by atoms with Crippen molar-refractivity contribution in [3.63, 3.8) is 0 Å². The van der Waals surface area contributed by atoms with E-state index in [1.165, 1.54) is 148 Å². The Morgan fingerprint density at radius 3 is 1.22 bits per heavy atom. The number of carbonyl (C=O) groups is 2. The van der Waals surface area contributed by atoms with Gasteiger partial charge in [-0.15, -0.1) is 0 Å². The minimum absolute atomic E-state index is 0.0578. The Morgan fingerprint density at radius 1 is 0.520 bits per heavy atom. The van der Waals surface area contributed by atoms with Crippen LogP contribution in [-0.4, -0.2) is 49.3 Å². The van der Waals surface area contributed by atoms with Gasteiger partial charge in [0.05, 0.1) is 13.2 Å². The van der Waals surface area contributed by atoms with Gasteiger partial charge in [0.1, 0.15) is 6.61 Å². The van der Waals surface area contributed by atoms with Crippen molar-refractivity contribution in [1.82, 2.24) is 0 Å². The molecule has 0 aliphatic carbocycles. The van der Waals surface area contributed by atoms with Gasteiger partial charge in [-0.25, -0.2) is 4.57 Å². The fraction of sp³-hybridized carbons (Fsp3) is 0.950. The summed E-state index contributed by atoms with van der Waals surface area (Å²) in [6.45, 7) is 3.74. The Bertz CT molecular complexity index is 799. The number of esters is 2. The smallest absolute Gasteiger partial charge is 0.462 e. The van der Waals surface area contributed by atoms with E-state index in [9.17, 15) is 19.0 Å². The van der Waals surface area contributed by atoms with Gasteiger partial charge in [0.15, 0.2) is 6.10 Å². The lowest BCUT2D eigenvalue weighted by molar-refractivity contribution is -0.161. The zero-order valence-corrected chi connectivity index (χ0v) is 33.6. The van der Waals surface area contributed by atoms with Crippen molar-refractivity contribution in [3.8, 4) is 0 Å². The topological polar surface area (TPSA) is 134 Å². The highest BCUT2D eigenvalue weighted by Crippen LogP contribution is 2.43. The zero-order valence-electron chi connectivity index (χ0n) is 32.7. The van der Waals surface area contributed by atoms with Crippen LogP contribution in [0, 0.1) is 0 Å². The molecule has 0 rings (SSSR count). The molecule has 0 bridgehead atoms. The van der Waals surface area contributed by atoms with Gasteiger partial charge in [-0.1, -0.05) is 187 Å². The van der Waals surface area contributed by atoms with Crippen molar-refractivity contribution in [2.24, 2.45) is 5.73 Å². The van der Waals surface area contributed by atoms with E-state index in [0.29, 0.717) is 6.42 Å². The summed E-state index contributed by atoms with van der Waals surface area (Å²) in [4.78, 5) is 34.7. The molecule has 9 nitrogen and oxygen atoms in total. The molecule has 1 unspecified atom stereocenters. The minimum Gasteiger partial charge on any atom is -0.462 e. The lowest BCUT2D eigenvalue weighted by Crippen LogP contribution is -2.29. The second-order valence-corrected chi connectivity index (χ2v) is 15.7. The van der Waals surface area contributed by atoms with Gasteiger partial charge in [-0.2, -0.15) is 0 Å². The van der Waals surface area contributed by atoms with E-state index < -0.39 is 26.5 Å². The average molecular weight is 734 g/mol. The van der Waals surface area contributed by atoms with Crippen LogP contribution in [0.2, 0.25) is 0 Å². The molecule has 50 heavy (non-hydrogen) atoms. The van der Waals surface area contributed by atoms with E-state index in [-0.39, 0.29) is 38.6 Å². The molecule has 0 radical (unpaired) electrons. The second-order valence-electron chi connectivity index (χ2n) is 14.2. The fourth-order valence-electron chi connectivity index (χ4n) is 6.11. The molecule has 0 aliphatic heterocycles. The number of hydrogen-bond acceptors (Lipinski definition) is 8. The molecule has 0 aromatic carbocycles. The Morgan fingerprint density at radius 2 is 0.860 bits per heavy atom. The molecule has 0 spiro atoms. The van der Waals surface area contributed by atoms with Gasteiger partial charge in [0.2, 0.25) is 0 Å². The predicted molar refractivity (Wildman–Crippen MR) is 206 cm³/mol. The molecule has 0 fully saturated rings. The third-order valence-electron chi connectivity index (χ3n) is 9.24. The van der Waals surface area contributed by atoms with Crippen LogP contribution in [0.1, 0.15) is 213 Å². The monoisotopic (exact) mass is 734 g/mol. The van der Waals surface area contributed by atoms with Gasteiger partial charge in [-0.3, -0.25) is 18.6 Å². The summed E-state index contributed by atoms with van der Waals surface area (Å²) in [6, 6.07) is 0. The Kier molecular flexibility index (Phi) is 37.0. The van der Waals surface area contributed by atoms with Crippen molar-refractivity contribution in [3.05, 3.63) is 0 Å². The van der Waals surface area contributed by atoms with Gasteiger partial charge < -0.3 is 20.1 Å². The maximum Gasteiger partial charge on any atom is 0.472 e. The standard InChI is InChI=1S/C40H80NO8P/c1-3-5-7-9-11-13-14-15-16-17-18-19-20-21-22-23-25-27-29-31-33-40(43)49-38(37-48-50(44,45)47-35-34-41)36-46-39(42)32-30-28-26-24-12-10-8-6-4-2/h38H,3-37,41H2,1-2H3,(H,44,45)/t38-/m1/s1. The molecular weight excluding hydrogens is 653 g/mol. The number of phosphoric acid groups is 1. The number of nitrogens with two attached hydrogens (primary N) is 1. The normalized spacial score (nSPS) is 13.3. The minimum atomic E-state index is -4.36. The van der Waals surface area contributed by atoms with Gasteiger partial charge in [0.25, 0.3) is 0 Å². The highest BCUT2D eigenvalue weighted by atomic mass is 31.2. The van der Waals surface area contributed by atoms with E-state index in [2.05, 4.69) is 13.8 Å². The maximum absolute atomic E-state index is 12.5.